The maximum atomic E-state index is 13.2. The van der Waals surface area contributed by atoms with Gasteiger partial charge in [-0.25, -0.2) is 4.98 Å². The Hall–Kier alpha value is -3.44. The Balaban J connectivity index is 1.69. The van der Waals surface area contributed by atoms with Crippen LogP contribution in [-0.4, -0.2) is 15.5 Å². The number of anilines is 1. The SMILES string of the molecule is Cc1ccccc1C(=O)Nc1ccc2nc(C)n(Cc3ccc(Cl)cc3)c(=O)c2c1. The first-order chi connectivity index (χ1) is 14.4. The summed E-state index contributed by atoms with van der Waals surface area (Å²) in [5, 5.41) is 3.98. The molecular formula is C24H20ClN3O2. The quantitative estimate of drug-likeness (QED) is 0.510. The molecule has 5 nitrogen and oxygen atoms in total. The van der Waals surface area contributed by atoms with Crippen molar-refractivity contribution in [1.82, 2.24) is 9.55 Å². The van der Waals surface area contributed by atoms with E-state index in [1.54, 1.807) is 41.0 Å². The first-order valence-corrected chi connectivity index (χ1v) is 9.93. The number of nitrogens with one attached hydrogen (secondary N) is 1. The fourth-order valence-electron chi connectivity index (χ4n) is 3.39. The number of amides is 1. The highest BCUT2D eigenvalue weighted by Gasteiger charge is 2.12. The highest BCUT2D eigenvalue weighted by Crippen LogP contribution is 2.18. The van der Waals surface area contributed by atoms with Gasteiger partial charge in [0.1, 0.15) is 5.82 Å². The van der Waals surface area contributed by atoms with Crippen LogP contribution in [0.2, 0.25) is 5.02 Å². The lowest BCUT2D eigenvalue weighted by Gasteiger charge is -2.12. The fraction of sp³-hybridized carbons (Fsp3) is 0.125. The number of halogens is 1. The van der Waals surface area contributed by atoms with E-state index in [-0.39, 0.29) is 11.5 Å². The molecule has 0 saturated heterocycles. The van der Waals surface area contributed by atoms with Gasteiger partial charge in [0.2, 0.25) is 0 Å². The first-order valence-electron chi connectivity index (χ1n) is 9.55. The van der Waals surface area contributed by atoms with Crippen LogP contribution in [0.25, 0.3) is 10.9 Å². The molecule has 3 aromatic carbocycles. The standard InChI is InChI=1S/C24H20ClN3O2/c1-15-5-3-4-6-20(15)23(29)27-19-11-12-22-21(13-19)24(30)28(16(2)26-22)14-17-7-9-18(25)10-8-17/h3-13H,14H2,1-2H3,(H,27,29). The van der Waals surface area contributed by atoms with Crippen LogP contribution >= 0.6 is 11.6 Å². The van der Waals surface area contributed by atoms with Crippen molar-refractivity contribution in [3.05, 3.63) is 105 Å². The second-order valence-corrected chi connectivity index (χ2v) is 7.61. The van der Waals surface area contributed by atoms with Crippen molar-refractivity contribution >= 4 is 34.1 Å². The van der Waals surface area contributed by atoms with Crippen molar-refractivity contribution in [3.8, 4) is 0 Å². The smallest absolute Gasteiger partial charge is 0.261 e. The third-order valence-electron chi connectivity index (χ3n) is 5.05. The number of aromatic nitrogens is 2. The van der Waals surface area contributed by atoms with Crippen molar-refractivity contribution in [2.75, 3.05) is 5.32 Å². The predicted molar refractivity (Wildman–Crippen MR) is 120 cm³/mol. The molecule has 0 saturated carbocycles. The highest BCUT2D eigenvalue weighted by molar-refractivity contribution is 6.30. The average Bonchev–Trinajstić information content (AvgIpc) is 2.73. The second kappa shape index (κ2) is 8.13. The van der Waals surface area contributed by atoms with Crippen LogP contribution in [-0.2, 0) is 6.54 Å². The molecule has 4 aromatic rings. The van der Waals surface area contributed by atoms with Crippen molar-refractivity contribution in [1.29, 1.82) is 0 Å². The maximum absolute atomic E-state index is 13.2. The van der Waals surface area contributed by atoms with Gasteiger partial charge in [0.15, 0.2) is 0 Å². The van der Waals surface area contributed by atoms with Gasteiger partial charge in [-0.05, 0) is 61.4 Å². The minimum Gasteiger partial charge on any atom is -0.322 e. The van der Waals surface area contributed by atoms with E-state index in [0.717, 1.165) is 11.1 Å². The van der Waals surface area contributed by atoms with E-state index < -0.39 is 0 Å². The molecule has 0 fully saturated rings. The van der Waals surface area contributed by atoms with Gasteiger partial charge in [-0.15, -0.1) is 0 Å². The van der Waals surface area contributed by atoms with Crippen LogP contribution in [0.1, 0.15) is 27.3 Å². The molecule has 0 bridgehead atoms. The summed E-state index contributed by atoms with van der Waals surface area (Å²) in [5.41, 5.74) is 3.43. The summed E-state index contributed by atoms with van der Waals surface area (Å²) in [6, 6.07) is 19.9. The van der Waals surface area contributed by atoms with Crippen LogP contribution in [0, 0.1) is 13.8 Å². The lowest BCUT2D eigenvalue weighted by Crippen LogP contribution is -2.24. The van der Waals surface area contributed by atoms with Crippen LogP contribution in [0.15, 0.2) is 71.5 Å². The number of benzene rings is 3. The Morgan fingerprint density at radius 3 is 2.50 bits per heavy atom. The molecule has 0 aliphatic rings. The molecule has 0 spiro atoms. The van der Waals surface area contributed by atoms with Crippen LogP contribution in [0.5, 0.6) is 0 Å². The zero-order chi connectivity index (χ0) is 21.3. The molecule has 1 amide bonds. The molecule has 1 N–H and O–H groups in total. The predicted octanol–water partition coefficient (Wildman–Crippen LogP) is 4.97. The molecule has 0 unspecified atom stereocenters. The Morgan fingerprint density at radius 1 is 1.03 bits per heavy atom. The van der Waals surface area contributed by atoms with Crippen molar-refractivity contribution < 1.29 is 4.79 Å². The minimum atomic E-state index is -0.214. The van der Waals surface area contributed by atoms with Gasteiger partial charge in [-0.1, -0.05) is 41.9 Å². The highest BCUT2D eigenvalue weighted by atomic mass is 35.5. The topological polar surface area (TPSA) is 64.0 Å². The maximum Gasteiger partial charge on any atom is 0.261 e. The van der Waals surface area contributed by atoms with Gasteiger partial charge < -0.3 is 5.32 Å². The minimum absolute atomic E-state index is 0.153. The molecule has 4 rings (SSSR count). The van der Waals surface area contributed by atoms with E-state index >= 15 is 0 Å². The van der Waals surface area contributed by atoms with Gasteiger partial charge in [0, 0.05) is 16.3 Å². The van der Waals surface area contributed by atoms with E-state index in [2.05, 4.69) is 10.3 Å². The molecule has 1 aromatic heterocycles. The number of hydrogen-bond acceptors (Lipinski definition) is 3. The fourth-order valence-corrected chi connectivity index (χ4v) is 3.52. The van der Waals surface area contributed by atoms with E-state index in [9.17, 15) is 9.59 Å². The van der Waals surface area contributed by atoms with E-state index in [4.69, 9.17) is 11.6 Å². The second-order valence-electron chi connectivity index (χ2n) is 7.18. The van der Waals surface area contributed by atoms with E-state index in [1.807, 2.05) is 44.2 Å². The lowest BCUT2D eigenvalue weighted by molar-refractivity contribution is 0.102. The van der Waals surface area contributed by atoms with Crippen molar-refractivity contribution in [2.24, 2.45) is 0 Å². The summed E-state index contributed by atoms with van der Waals surface area (Å²) in [5.74, 6) is 0.410. The summed E-state index contributed by atoms with van der Waals surface area (Å²) in [6.07, 6.45) is 0. The largest absolute Gasteiger partial charge is 0.322 e. The number of aryl methyl sites for hydroxylation is 2. The molecule has 150 valence electrons. The summed E-state index contributed by atoms with van der Waals surface area (Å²) >= 11 is 5.95. The van der Waals surface area contributed by atoms with E-state index in [1.165, 1.54) is 0 Å². The summed E-state index contributed by atoms with van der Waals surface area (Å²) in [7, 11) is 0. The Bertz CT molecular complexity index is 1310. The normalized spacial score (nSPS) is 10.9. The first kappa shape index (κ1) is 19.9. The van der Waals surface area contributed by atoms with Gasteiger partial charge in [-0.3, -0.25) is 14.2 Å². The Morgan fingerprint density at radius 2 is 1.77 bits per heavy atom. The molecule has 6 heteroatoms. The molecule has 1 heterocycles. The summed E-state index contributed by atoms with van der Waals surface area (Å²) in [6.45, 7) is 4.09. The number of rotatable bonds is 4. The zero-order valence-electron chi connectivity index (χ0n) is 16.6. The zero-order valence-corrected chi connectivity index (χ0v) is 17.4. The van der Waals surface area contributed by atoms with Gasteiger partial charge in [0.25, 0.3) is 11.5 Å². The molecule has 0 aliphatic heterocycles. The molecule has 0 atom stereocenters. The lowest BCUT2D eigenvalue weighted by atomic mass is 10.1. The average molecular weight is 418 g/mol. The third kappa shape index (κ3) is 3.98. The van der Waals surface area contributed by atoms with Crippen molar-refractivity contribution in [3.63, 3.8) is 0 Å². The Kier molecular flexibility index (Phi) is 5.38. The van der Waals surface area contributed by atoms with Gasteiger partial charge in [0.05, 0.1) is 17.4 Å². The monoisotopic (exact) mass is 417 g/mol. The van der Waals surface area contributed by atoms with Crippen molar-refractivity contribution in [2.45, 2.75) is 20.4 Å². The number of hydrogen-bond donors (Lipinski definition) is 1. The molecule has 0 aliphatic carbocycles. The van der Waals surface area contributed by atoms with Crippen LogP contribution < -0.4 is 10.9 Å². The number of carbonyl (C=O) groups is 1. The van der Waals surface area contributed by atoms with Crippen LogP contribution in [0.3, 0.4) is 0 Å². The third-order valence-corrected chi connectivity index (χ3v) is 5.30. The molecule has 0 radical (unpaired) electrons. The Labute approximate surface area is 179 Å². The van der Waals surface area contributed by atoms with Gasteiger partial charge in [-0.2, -0.15) is 0 Å². The summed E-state index contributed by atoms with van der Waals surface area (Å²) in [4.78, 5) is 30.4. The number of nitrogens with zero attached hydrogens (tertiary/aromatic N) is 2. The van der Waals surface area contributed by atoms with Crippen LogP contribution in [0.4, 0.5) is 5.69 Å². The number of carbonyl (C=O) groups excluding carboxylic acids is 1. The summed E-state index contributed by atoms with van der Waals surface area (Å²) < 4.78 is 1.62. The molecular weight excluding hydrogens is 398 g/mol. The van der Waals surface area contributed by atoms with Gasteiger partial charge >= 0.3 is 0 Å². The number of fused-ring (bicyclic) bond motifs is 1. The van der Waals surface area contributed by atoms with E-state index in [0.29, 0.717) is 39.5 Å². The molecule has 30 heavy (non-hydrogen) atoms.